The minimum atomic E-state index is -3.86. The Morgan fingerprint density at radius 3 is 2.29 bits per heavy atom. The summed E-state index contributed by atoms with van der Waals surface area (Å²) >= 11 is 9.10. The maximum Gasteiger partial charge on any atom is 0.263 e. The summed E-state index contributed by atoms with van der Waals surface area (Å²) in [6, 6.07) is 9.54. The summed E-state index contributed by atoms with van der Waals surface area (Å²) in [4.78, 5) is 10.6. The van der Waals surface area contributed by atoms with Crippen molar-refractivity contribution in [1.29, 1.82) is 0 Å². The number of carboxylic acids is 1. The number of anilines is 1. The molecule has 0 saturated carbocycles. The molecule has 0 unspecified atom stereocenters. The number of nitrogens with one attached hydrogen (secondary N) is 1. The summed E-state index contributed by atoms with van der Waals surface area (Å²) < 4.78 is 27.4. The molecule has 21 heavy (non-hydrogen) atoms. The average Bonchev–Trinajstić information content (AvgIpc) is 2.38. The molecule has 0 spiro atoms. The minimum Gasteiger partial charge on any atom is -0.545 e. The van der Waals surface area contributed by atoms with E-state index in [1.165, 1.54) is 36.4 Å². The van der Waals surface area contributed by atoms with Gasteiger partial charge in [0.1, 0.15) is 4.90 Å². The van der Waals surface area contributed by atoms with Gasteiger partial charge in [-0.05, 0) is 35.9 Å². The first-order valence-electron chi connectivity index (χ1n) is 5.59. The molecular formula is C13H8BrClNO4S-. The van der Waals surface area contributed by atoms with Crippen LogP contribution in [-0.4, -0.2) is 14.4 Å². The number of aromatic carboxylic acids is 1. The molecule has 0 saturated heterocycles. The highest BCUT2D eigenvalue weighted by Crippen LogP contribution is 2.26. The van der Waals surface area contributed by atoms with Crippen molar-refractivity contribution in [1.82, 2.24) is 0 Å². The van der Waals surface area contributed by atoms with Crippen molar-refractivity contribution < 1.29 is 18.3 Å². The first-order valence-corrected chi connectivity index (χ1v) is 8.24. The minimum absolute atomic E-state index is 0.0420. The van der Waals surface area contributed by atoms with Crippen LogP contribution in [0.1, 0.15) is 10.4 Å². The van der Waals surface area contributed by atoms with Gasteiger partial charge in [-0.1, -0.05) is 39.7 Å². The molecule has 0 bridgehead atoms. The van der Waals surface area contributed by atoms with E-state index in [-0.39, 0.29) is 21.2 Å². The third-order valence-corrected chi connectivity index (χ3v) is 4.91. The zero-order valence-electron chi connectivity index (χ0n) is 10.3. The van der Waals surface area contributed by atoms with Crippen LogP contribution in [0.15, 0.2) is 51.8 Å². The average molecular weight is 390 g/mol. The maximum absolute atomic E-state index is 12.2. The van der Waals surface area contributed by atoms with Crippen molar-refractivity contribution in [2.75, 3.05) is 4.72 Å². The molecule has 1 N–H and O–H groups in total. The van der Waals surface area contributed by atoms with Gasteiger partial charge in [0.15, 0.2) is 0 Å². The Balaban J connectivity index is 2.30. The van der Waals surface area contributed by atoms with Gasteiger partial charge in [-0.2, -0.15) is 0 Å². The molecule has 0 aromatic heterocycles. The second-order valence-electron chi connectivity index (χ2n) is 4.05. The summed E-state index contributed by atoms with van der Waals surface area (Å²) in [6.45, 7) is 0. The number of rotatable bonds is 4. The molecule has 0 radical (unpaired) electrons. The lowest BCUT2D eigenvalue weighted by Gasteiger charge is -2.10. The Morgan fingerprint density at radius 1 is 1.14 bits per heavy atom. The van der Waals surface area contributed by atoms with Crippen LogP contribution in [0.5, 0.6) is 0 Å². The highest BCUT2D eigenvalue weighted by molar-refractivity contribution is 9.10. The number of sulfonamides is 1. The van der Waals surface area contributed by atoms with Crippen LogP contribution in [-0.2, 0) is 10.0 Å². The molecule has 0 aliphatic heterocycles. The molecule has 0 aliphatic rings. The lowest BCUT2D eigenvalue weighted by molar-refractivity contribution is -0.255. The Morgan fingerprint density at radius 2 is 1.76 bits per heavy atom. The van der Waals surface area contributed by atoms with E-state index >= 15 is 0 Å². The van der Waals surface area contributed by atoms with E-state index < -0.39 is 16.0 Å². The third-order valence-electron chi connectivity index (χ3n) is 2.56. The molecule has 0 aliphatic carbocycles. The molecule has 8 heteroatoms. The van der Waals surface area contributed by atoms with Crippen molar-refractivity contribution in [2.45, 2.75) is 4.90 Å². The molecule has 2 aromatic rings. The molecule has 110 valence electrons. The first kappa shape index (κ1) is 15.8. The van der Waals surface area contributed by atoms with Crippen LogP contribution in [0.4, 0.5) is 5.69 Å². The predicted molar refractivity (Wildman–Crippen MR) is 80.7 cm³/mol. The SMILES string of the molecule is O=C([O-])c1ccc(NS(=O)(=O)c2ccc(Br)cc2Cl)cc1. The Kier molecular flexibility index (Phi) is 4.55. The van der Waals surface area contributed by atoms with Gasteiger partial charge >= 0.3 is 0 Å². The lowest BCUT2D eigenvalue weighted by atomic mass is 10.2. The van der Waals surface area contributed by atoms with E-state index in [9.17, 15) is 18.3 Å². The Bertz CT molecular complexity index is 790. The third kappa shape index (κ3) is 3.75. The quantitative estimate of drug-likeness (QED) is 0.869. The zero-order chi connectivity index (χ0) is 15.6. The molecule has 0 amide bonds. The Hall–Kier alpha value is -1.57. The molecule has 5 nitrogen and oxygen atoms in total. The van der Waals surface area contributed by atoms with Crippen LogP contribution in [0.25, 0.3) is 0 Å². The van der Waals surface area contributed by atoms with Crippen LogP contribution in [0, 0.1) is 0 Å². The van der Waals surface area contributed by atoms with Crippen molar-refractivity contribution in [3.05, 3.63) is 57.5 Å². The highest BCUT2D eigenvalue weighted by Gasteiger charge is 2.18. The van der Waals surface area contributed by atoms with Gasteiger partial charge in [-0.3, -0.25) is 4.72 Å². The number of hydrogen-bond acceptors (Lipinski definition) is 4. The molecule has 2 aromatic carbocycles. The predicted octanol–water partition coefficient (Wildman–Crippen LogP) is 2.27. The molecule has 0 fully saturated rings. The number of carbonyl (C=O) groups excluding carboxylic acids is 1. The van der Waals surface area contributed by atoms with Gasteiger partial charge in [0.05, 0.1) is 11.0 Å². The van der Waals surface area contributed by atoms with Gasteiger partial charge in [0.25, 0.3) is 10.0 Å². The van der Waals surface area contributed by atoms with Crippen molar-refractivity contribution >= 4 is 49.2 Å². The van der Waals surface area contributed by atoms with Crippen LogP contribution >= 0.6 is 27.5 Å². The molecule has 0 heterocycles. The van der Waals surface area contributed by atoms with E-state index in [0.717, 1.165) is 0 Å². The fourth-order valence-electron chi connectivity index (χ4n) is 1.58. The van der Waals surface area contributed by atoms with E-state index in [2.05, 4.69) is 20.7 Å². The van der Waals surface area contributed by atoms with Crippen LogP contribution in [0.3, 0.4) is 0 Å². The highest BCUT2D eigenvalue weighted by atomic mass is 79.9. The van der Waals surface area contributed by atoms with Gasteiger partial charge in [-0.25, -0.2) is 8.42 Å². The second-order valence-corrected chi connectivity index (χ2v) is 7.02. The van der Waals surface area contributed by atoms with E-state index in [0.29, 0.717) is 4.47 Å². The van der Waals surface area contributed by atoms with E-state index in [4.69, 9.17) is 11.6 Å². The van der Waals surface area contributed by atoms with Crippen LogP contribution < -0.4 is 9.83 Å². The van der Waals surface area contributed by atoms with Crippen molar-refractivity contribution in [2.24, 2.45) is 0 Å². The fraction of sp³-hybridized carbons (Fsp3) is 0. The smallest absolute Gasteiger partial charge is 0.263 e. The topological polar surface area (TPSA) is 86.3 Å². The summed E-state index contributed by atoms with van der Waals surface area (Å²) in [7, 11) is -3.86. The standard InChI is InChI=1S/C13H9BrClNO4S/c14-9-3-6-12(11(15)7-9)21(19,20)16-10-4-1-8(2-5-10)13(17)18/h1-7,16H,(H,17,18)/p-1. The molecule has 2 rings (SSSR count). The zero-order valence-corrected chi connectivity index (χ0v) is 13.5. The summed E-state index contributed by atoms with van der Waals surface area (Å²) in [5, 5.41) is 10.7. The number of benzene rings is 2. The van der Waals surface area contributed by atoms with Gasteiger partial charge in [-0.15, -0.1) is 0 Å². The first-order chi connectivity index (χ1) is 9.79. The summed E-state index contributed by atoms with van der Waals surface area (Å²) in [5.41, 5.74) is 0.179. The van der Waals surface area contributed by atoms with Crippen molar-refractivity contribution in [3.63, 3.8) is 0 Å². The number of carbonyl (C=O) groups is 1. The van der Waals surface area contributed by atoms with Crippen LogP contribution in [0.2, 0.25) is 5.02 Å². The summed E-state index contributed by atoms with van der Waals surface area (Å²) in [6.07, 6.45) is 0. The molecular weight excluding hydrogens is 382 g/mol. The van der Waals surface area contributed by atoms with Gasteiger partial charge < -0.3 is 9.90 Å². The largest absolute Gasteiger partial charge is 0.545 e. The van der Waals surface area contributed by atoms with E-state index in [1.807, 2.05) is 0 Å². The second kappa shape index (κ2) is 6.05. The van der Waals surface area contributed by atoms with Gasteiger partial charge in [0, 0.05) is 10.2 Å². The fourth-order valence-corrected chi connectivity index (χ4v) is 3.67. The Labute approximate surface area is 134 Å². The summed E-state index contributed by atoms with van der Waals surface area (Å²) in [5.74, 6) is -1.33. The molecule has 0 atom stereocenters. The van der Waals surface area contributed by atoms with E-state index in [1.54, 1.807) is 6.07 Å². The van der Waals surface area contributed by atoms with Crippen molar-refractivity contribution in [3.8, 4) is 0 Å². The lowest BCUT2D eigenvalue weighted by Crippen LogP contribution is -2.22. The maximum atomic E-state index is 12.2. The number of halogens is 2. The monoisotopic (exact) mass is 388 g/mol. The van der Waals surface area contributed by atoms with Gasteiger partial charge in [0.2, 0.25) is 0 Å². The number of hydrogen-bond donors (Lipinski definition) is 1. The normalized spacial score (nSPS) is 11.1. The number of carboxylic acid groups (broad SMARTS) is 1.